The van der Waals surface area contributed by atoms with E-state index in [0.29, 0.717) is 25.2 Å². The number of halogens is 2. The molecule has 2 aliphatic heterocycles. The molecule has 1 N–H and O–H groups in total. The second kappa shape index (κ2) is 10.4. The van der Waals surface area contributed by atoms with Crippen LogP contribution in [0, 0.1) is 0 Å². The van der Waals surface area contributed by atoms with Crippen LogP contribution in [0.3, 0.4) is 0 Å². The summed E-state index contributed by atoms with van der Waals surface area (Å²) in [5, 5.41) is 3.47. The summed E-state index contributed by atoms with van der Waals surface area (Å²) in [7, 11) is 0. The Bertz CT molecular complexity index is 997. The zero-order valence-electron chi connectivity index (χ0n) is 17.3. The Labute approximate surface area is 194 Å². The molecule has 2 atom stereocenters. The van der Waals surface area contributed by atoms with Gasteiger partial charge in [-0.25, -0.2) is 4.98 Å². The molecule has 2 unspecified atom stereocenters. The summed E-state index contributed by atoms with van der Waals surface area (Å²) in [5.41, 5.74) is 1.88. The minimum atomic E-state index is 0. The van der Waals surface area contributed by atoms with Crippen LogP contribution in [0.25, 0.3) is 11.0 Å². The zero-order valence-corrected chi connectivity index (χ0v) is 18.9. The molecule has 2 bridgehead atoms. The van der Waals surface area contributed by atoms with Gasteiger partial charge >= 0.3 is 0 Å². The molecule has 0 saturated carbocycles. The van der Waals surface area contributed by atoms with Gasteiger partial charge in [-0.05, 0) is 50.1 Å². The maximum absolute atomic E-state index is 13.4. The fraction of sp³-hybridized carbons (Fsp3) is 0.391. The van der Waals surface area contributed by atoms with E-state index in [4.69, 9.17) is 9.72 Å². The summed E-state index contributed by atoms with van der Waals surface area (Å²) < 4.78 is 7.97. The smallest absolute Gasteiger partial charge is 0.243 e. The van der Waals surface area contributed by atoms with Crippen LogP contribution in [0.15, 0.2) is 54.6 Å². The van der Waals surface area contributed by atoms with Crippen molar-refractivity contribution < 1.29 is 9.53 Å². The van der Waals surface area contributed by atoms with E-state index < -0.39 is 0 Å². The third kappa shape index (κ3) is 4.81. The Morgan fingerprint density at radius 2 is 1.74 bits per heavy atom. The highest BCUT2D eigenvalue weighted by atomic mass is 35.5. The third-order valence-corrected chi connectivity index (χ3v) is 6.08. The van der Waals surface area contributed by atoms with Crippen molar-refractivity contribution in [2.75, 3.05) is 13.1 Å². The van der Waals surface area contributed by atoms with Gasteiger partial charge in [0.2, 0.25) is 5.91 Å². The summed E-state index contributed by atoms with van der Waals surface area (Å²) in [5.74, 6) is 1.77. The van der Waals surface area contributed by atoms with Crippen LogP contribution in [-0.4, -0.2) is 45.5 Å². The maximum Gasteiger partial charge on any atom is 0.243 e. The van der Waals surface area contributed by atoms with E-state index in [2.05, 4.69) is 10.2 Å². The topological polar surface area (TPSA) is 59.4 Å². The summed E-state index contributed by atoms with van der Waals surface area (Å²) in [6.07, 6.45) is 3.25. The number of ether oxygens (including phenoxy) is 1. The van der Waals surface area contributed by atoms with Gasteiger partial charge in [-0.15, -0.1) is 24.8 Å². The lowest BCUT2D eigenvalue weighted by atomic mass is 10.1. The van der Waals surface area contributed by atoms with Gasteiger partial charge < -0.3 is 19.5 Å². The molecule has 0 spiro atoms. The van der Waals surface area contributed by atoms with Gasteiger partial charge in [0.1, 0.15) is 24.7 Å². The van der Waals surface area contributed by atoms with Crippen LogP contribution < -0.4 is 10.1 Å². The first-order chi connectivity index (χ1) is 14.3. The fourth-order valence-corrected chi connectivity index (χ4v) is 4.68. The van der Waals surface area contributed by atoms with Crippen LogP contribution in [0.4, 0.5) is 0 Å². The minimum Gasteiger partial charge on any atom is -0.486 e. The van der Waals surface area contributed by atoms with E-state index in [1.54, 1.807) is 0 Å². The van der Waals surface area contributed by atoms with Crippen LogP contribution in [0.2, 0.25) is 0 Å². The number of hydrogen-bond acceptors (Lipinski definition) is 4. The normalized spacial score (nSPS) is 19.9. The highest BCUT2D eigenvalue weighted by Crippen LogP contribution is 2.29. The number of nitrogens with zero attached hydrogens (tertiary/aromatic N) is 3. The molecule has 31 heavy (non-hydrogen) atoms. The second-order valence-electron chi connectivity index (χ2n) is 7.88. The van der Waals surface area contributed by atoms with E-state index in [-0.39, 0.29) is 30.7 Å². The molecule has 3 aromatic rings. The number of rotatable bonds is 5. The molecule has 1 aromatic heterocycles. The van der Waals surface area contributed by atoms with Crippen molar-refractivity contribution in [3.05, 3.63) is 60.4 Å². The molecular weight excluding hydrogens is 435 g/mol. The standard InChI is InChI=1S/C23H26N4O2.2ClH/c28-23(27-17-10-11-18(27)14-24-13-12-17)15-26-21-9-5-4-8-20(21)25-22(26)16-29-19-6-2-1-3-7-19;;/h1-9,17-18,24H,10-16H2;2*1H. The number of carbonyl (C=O) groups excluding carboxylic acids is 1. The predicted octanol–water partition coefficient (Wildman–Crippen LogP) is 3.81. The molecular formula is C23H28Cl2N4O2. The number of nitrogens with one attached hydrogen (secondary N) is 1. The summed E-state index contributed by atoms with van der Waals surface area (Å²) in [4.78, 5) is 20.2. The van der Waals surface area contributed by atoms with Gasteiger partial charge in [-0.1, -0.05) is 30.3 Å². The van der Waals surface area contributed by atoms with Gasteiger partial charge in [0.05, 0.1) is 11.0 Å². The number of benzene rings is 2. The van der Waals surface area contributed by atoms with Crippen molar-refractivity contribution in [2.24, 2.45) is 0 Å². The number of hydrogen-bond donors (Lipinski definition) is 1. The summed E-state index contributed by atoms with van der Waals surface area (Å²) >= 11 is 0. The van der Waals surface area contributed by atoms with E-state index >= 15 is 0 Å². The minimum absolute atomic E-state index is 0. The lowest BCUT2D eigenvalue weighted by Crippen LogP contribution is -2.44. The molecule has 2 fully saturated rings. The summed E-state index contributed by atoms with van der Waals surface area (Å²) in [6.45, 7) is 2.54. The second-order valence-corrected chi connectivity index (χ2v) is 7.88. The van der Waals surface area contributed by atoms with E-state index in [1.165, 1.54) is 0 Å². The third-order valence-electron chi connectivity index (χ3n) is 6.08. The number of imidazole rings is 1. The Morgan fingerprint density at radius 3 is 2.58 bits per heavy atom. The van der Waals surface area contributed by atoms with E-state index in [9.17, 15) is 4.79 Å². The van der Waals surface area contributed by atoms with Crippen LogP contribution >= 0.6 is 24.8 Å². The average molecular weight is 463 g/mol. The highest BCUT2D eigenvalue weighted by molar-refractivity contribution is 5.85. The zero-order chi connectivity index (χ0) is 19.6. The van der Waals surface area contributed by atoms with Crippen molar-refractivity contribution in [3.63, 3.8) is 0 Å². The molecule has 1 amide bonds. The first-order valence-corrected chi connectivity index (χ1v) is 10.4. The molecule has 2 aromatic carbocycles. The molecule has 2 saturated heterocycles. The van der Waals surface area contributed by atoms with Crippen LogP contribution in [-0.2, 0) is 17.9 Å². The van der Waals surface area contributed by atoms with E-state index in [1.807, 2.05) is 59.2 Å². The van der Waals surface area contributed by atoms with Gasteiger partial charge in [0.15, 0.2) is 0 Å². The van der Waals surface area contributed by atoms with Crippen molar-refractivity contribution >= 4 is 41.8 Å². The monoisotopic (exact) mass is 462 g/mol. The number of amides is 1. The van der Waals surface area contributed by atoms with Gasteiger partial charge in [0.25, 0.3) is 0 Å². The van der Waals surface area contributed by atoms with Gasteiger partial charge in [-0.2, -0.15) is 0 Å². The molecule has 0 aliphatic carbocycles. The Kier molecular flexibility index (Phi) is 7.81. The molecule has 166 valence electrons. The number of carbonyl (C=O) groups is 1. The largest absolute Gasteiger partial charge is 0.486 e. The van der Waals surface area contributed by atoms with Gasteiger partial charge in [0, 0.05) is 18.6 Å². The summed E-state index contributed by atoms with van der Waals surface area (Å²) in [6, 6.07) is 18.4. The average Bonchev–Trinajstić information content (AvgIpc) is 3.22. The molecule has 5 rings (SSSR count). The lowest BCUT2D eigenvalue weighted by Gasteiger charge is -2.28. The number of para-hydroxylation sites is 3. The molecule has 8 heteroatoms. The molecule has 2 aliphatic rings. The Hall–Kier alpha value is -2.28. The maximum atomic E-state index is 13.4. The lowest BCUT2D eigenvalue weighted by molar-refractivity contribution is -0.134. The van der Waals surface area contributed by atoms with Crippen molar-refractivity contribution in [2.45, 2.75) is 44.5 Å². The first-order valence-electron chi connectivity index (χ1n) is 10.4. The highest BCUT2D eigenvalue weighted by Gasteiger charge is 2.38. The van der Waals surface area contributed by atoms with Crippen LogP contribution in [0.1, 0.15) is 25.1 Å². The molecule has 6 nitrogen and oxygen atoms in total. The first kappa shape index (κ1) is 23.4. The fourth-order valence-electron chi connectivity index (χ4n) is 4.68. The van der Waals surface area contributed by atoms with Crippen molar-refractivity contribution in [3.8, 4) is 5.75 Å². The van der Waals surface area contributed by atoms with Crippen molar-refractivity contribution in [1.82, 2.24) is 19.8 Å². The molecule has 3 heterocycles. The van der Waals surface area contributed by atoms with Crippen molar-refractivity contribution in [1.29, 1.82) is 0 Å². The number of fused-ring (bicyclic) bond motifs is 3. The Balaban J connectivity index is 0.00000136. The SMILES string of the molecule is Cl.Cl.O=C(Cn1c(COc2ccccc2)nc2ccccc21)N1C2CCNCC1CC2. The van der Waals surface area contributed by atoms with Crippen LogP contribution in [0.5, 0.6) is 5.75 Å². The van der Waals surface area contributed by atoms with Gasteiger partial charge in [-0.3, -0.25) is 4.79 Å². The predicted molar refractivity (Wildman–Crippen MR) is 126 cm³/mol. The molecule has 0 radical (unpaired) electrons. The van der Waals surface area contributed by atoms with E-state index in [0.717, 1.165) is 55.0 Å². The Morgan fingerprint density at radius 1 is 1.00 bits per heavy atom. The number of aromatic nitrogens is 2. The quantitative estimate of drug-likeness (QED) is 0.625.